The van der Waals surface area contributed by atoms with Crippen molar-refractivity contribution < 1.29 is 19.1 Å². The Balaban J connectivity index is 1.35. The highest BCUT2D eigenvalue weighted by Crippen LogP contribution is 2.21. The van der Waals surface area contributed by atoms with E-state index in [2.05, 4.69) is 20.5 Å². The van der Waals surface area contributed by atoms with Crippen LogP contribution in [0.25, 0.3) is 11.0 Å². The molecule has 0 radical (unpaired) electrons. The van der Waals surface area contributed by atoms with Gasteiger partial charge in [-0.2, -0.15) is 0 Å². The summed E-state index contributed by atoms with van der Waals surface area (Å²) in [5.41, 5.74) is 4.13. The topological polar surface area (TPSA) is 102 Å². The molecule has 1 saturated heterocycles. The molecule has 1 aliphatic heterocycles. The van der Waals surface area contributed by atoms with E-state index in [1.807, 2.05) is 79.7 Å². The Morgan fingerprint density at radius 1 is 1.02 bits per heavy atom. The monoisotopic (exact) mass is 542 g/mol. The van der Waals surface area contributed by atoms with E-state index in [0.717, 1.165) is 35.6 Å². The Morgan fingerprint density at radius 3 is 2.45 bits per heavy atom. The number of nitrogens with one attached hydrogen (secondary N) is 1. The Hall–Kier alpha value is -4.44. The fraction of sp³-hybridized carbons (Fsp3) is 0.333. The van der Waals surface area contributed by atoms with Gasteiger partial charge in [-0.05, 0) is 60.5 Å². The van der Waals surface area contributed by atoms with Gasteiger partial charge >= 0.3 is 0 Å². The van der Waals surface area contributed by atoms with Gasteiger partial charge in [-0.15, -0.1) is 5.10 Å². The second kappa shape index (κ2) is 12.6. The van der Waals surface area contributed by atoms with Crippen LogP contribution in [0.4, 0.5) is 11.4 Å². The second-order valence-corrected chi connectivity index (χ2v) is 9.67. The summed E-state index contributed by atoms with van der Waals surface area (Å²) in [6.07, 6.45) is 0.442. The maximum atomic E-state index is 13.8. The molecule has 1 aliphatic rings. The lowest BCUT2D eigenvalue weighted by Crippen LogP contribution is -2.47. The van der Waals surface area contributed by atoms with Crippen molar-refractivity contribution >= 4 is 34.2 Å². The molecule has 5 rings (SSSR count). The van der Waals surface area contributed by atoms with Crippen LogP contribution in [0.15, 0.2) is 72.8 Å². The molecule has 1 unspecified atom stereocenters. The number of fused-ring (bicyclic) bond motifs is 1. The van der Waals surface area contributed by atoms with Gasteiger partial charge in [0, 0.05) is 31.0 Å². The van der Waals surface area contributed by atoms with Gasteiger partial charge in [0.15, 0.2) is 0 Å². The summed E-state index contributed by atoms with van der Waals surface area (Å²) in [4.78, 5) is 31.2. The van der Waals surface area contributed by atoms with Crippen molar-refractivity contribution in [3.8, 4) is 5.75 Å². The lowest BCUT2D eigenvalue weighted by Gasteiger charge is -2.31. The minimum atomic E-state index is -0.691. The standard InChI is InChI=1S/C30H34N6O4/c1-3-27(30(38)31-23-10-12-24(13-11-23)34-16-18-40-19-17-34)35(20-22-8-14-25(39-2)15-9-22)29(37)21-36-28-7-5-4-6-26(28)32-33-36/h4-15,27H,3,16-21H2,1-2H3,(H,31,38). The number of nitrogens with zero attached hydrogens (tertiary/aromatic N) is 5. The van der Waals surface area contributed by atoms with Gasteiger partial charge in [-0.25, -0.2) is 4.68 Å². The van der Waals surface area contributed by atoms with Crippen LogP contribution in [0, 0.1) is 0 Å². The van der Waals surface area contributed by atoms with Crippen molar-refractivity contribution in [3.05, 3.63) is 78.4 Å². The maximum Gasteiger partial charge on any atom is 0.247 e. The first kappa shape index (κ1) is 27.1. The van der Waals surface area contributed by atoms with Crippen LogP contribution in [-0.4, -0.2) is 71.2 Å². The third kappa shape index (κ3) is 6.23. The number of hydrogen-bond acceptors (Lipinski definition) is 7. The number of benzene rings is 3. The number of methoxy groups -OCH3 is 1. The van der Waals surface area contributed by atoms with Crippen LogP contribution in [0.3, 0.4) is 0 Å². The number of morpholine rings is 1. The van der Waals surface area contributed by atoms with Gasteiger partial charge in [-0.1, -0.05) is 36.4 Å². The number of carbonyl (C=O) groups is 2. The van der Waals surface area contributed by atoms with Crippen LogP contribution < -0.4 is 15.0 Å². The number of rotatable bonds is 10. The van der Waals surface area contributed by atoms with Crippen LogP contribution in [0.2, 0.25) is 0 Å². The van der Waals surface area contributed by atoms with E-state index in [1.54, 1.807) is 16.7 Å². The average molecular weight is 543 g/mol. The third-order valence-corrected chi connectivity index (χ3v) is 7.11. The van der Waals surface area contributed by atoms with E-state index in [1.165, 1.54) is 0 Å². The highest BCUT2D eigenvalue weighted by molar-refractivity contribution is 5.97. The van der Waals surface area contributed by atoms with Gasteiger partial charge in [0.05, 0.1) is 25.8 Å². The normalized spacial score (nSPS) is 14.1. The maximum absolute atomic E-state index is 13.8. The Bertz CT molecular complexity index is 1430. The first-order valence-electron chi connectivity index (χ1n) is 13.5. The van der Waals surface area contributed by atoms with Gasteiger partial charge in [-0.3, -0.25) is 9.59 Å². The molecule has 0 bridgehead atoms. The molecule has 208 valence electrons. The zero-order valence-corrected chi connectivity index (χ0v) is 22.8. The van der Waals surface area contributed by atoms with Crippen molar-refractivity contribution in [2.75, 3.05) is 43.6 Å². The summed E-state index contributed by atoms with van der Waals surface area (Å²) in [6.45, 7) is 5.23. The van der Waals surface area contributed by atoms with Crippen molar-refractivity contribution in [1.82, 2.24) is 19.9 Å². The number of amides is 2. The van der Waals surface area contributed by atoms with E-state index in [9.17, 15) is 9.59 Å². The average Bonchev–Trinajstić information content (AvgIpc) is 3.40. The van der Waals surface area contributed by atoms with Crippen LogP contribution in [0.5, 0.6) is 5.75 Å². The molecule has 1 aromatic heterocycles. The summed E-state index contributed by atoms with van der Waals surface area (Å²) in [7, 11) is 1.61. The Kier molecular flexibility index (Phi) is 8.56. The number of ether oxygens (including phenoxy) is 2. The molecular formula is C30H34N6O4. The number of carbonyl (C=O) groups excluding carboxylic acids is 2. The largest absolute Gasteiger partial charge is 0.497 e. The van der Waals surface area contributed by atoms with Crippen molar-refractivity contribution in [3.63, 3.8) is 0 Å². The highest BCUT2D eigenvalue weighted by Gasteiger charge is 2.29. The van der Waals surface area contributed by atoms with Gasteiger partial charge in [0.1, 0.15) is 23.9 Å². The molecule has 1 fully saturated rings. The van der Waals surface area contributed by atoms with E-state index >= 15 is 0 Å². The number of para-hydroxylation sites is 1. The lowest BCUT2D eigenvalue weighted by atomic mass is 10.1. The van der Waals surface area contributed by atoms with E-state index in [4.69, 9.17) is 9.47 Å². The molecule has 2 heterocycles. The summed E-state index contributed by atoms with van der Waals surface area (Å²) in [5, 5.41) is 11.4. The summed E-state index contributed by atoms with van der Waals surface area (Å²) in [6, 6.07) is 22.1. The zero-order valence-electron chi connectivity index (χ0n) is 22.8. The fourth-order valence-electron chi connectivity index (χ4n) is 4.90. The zero-order chi connectivity index (χ0) is 27.9. The van der Waals surface area contributed by atoms with Crippen molar-refractivity contribution in [2.24, 2.45) is 0 Å². The summed E-state index contributed by atoms with van der Waals surface area (Å²) < 4.78 is 12.3. The quantitative estimate of drug-likeness (QED) is 0.326. The third-order valence-electron chi connectivity index (χ3n) is 7.11. The smallest absolute Gasteiger partial charge is 0.247 e. The SMILES string of the molecule is CCC(C(=O)Nc1ccc(N2CCOCC2)cc1)N(Cc1ccc(OC)cc1)C(=O)Cn1nnc2ccccc21. The molecule has 10 nitrogen and oxygen atoms in total. The molecule has 10 heteroatoms. The Labute approximate surface area is 233 Å². The lowest BCUT2D eigenvalue weighted by molar-refractivity contribution is -0.140. The van der Waals surface area contributed by atoms with Crippen molar-refractivity contribution in [2.45, 2.75) is 32.5 Å². The second-order valence-electron chi connectivity index (χ2n) is 9.67. The molecule has 3 aromatic carbocycles. The first-order valence-corrected chi connectivity index (χ1v) is 13.5. The molecule has 4 aromatic rings. The number of anilines is 2. The minimum absolute atomic E-state index is 0.0330. The number of aromatic nitrogens is 3. The fourth-order valence-corrected chi connectivity index (χ4v) is 4.90. The summed E-state index contributed by atoms with van der Waals surface area (Å²) in [5.74, 6) is 0.254. The molecule has 40 heavy (non-hydrogen) atoms. The Morgan fingerprint density at radius 2 is 1.75 bits per heavy atom. The van der Waals surface area contributed by atoms with E-state index in [0.29, 0.717) is 30.8 Å². The van der Waals surface area contributed by atoms with E-state index < -0.39 is 6.04 Å². The van der Waals surface area contributed by atoms with Crippen LogP contribution in [0.1, 0.15) is 18.9 Å². The van der Waals surface area contributed by atoms with E-state index in [-0.39, 0.29) is 24.9 Å². The molecule has 1 N–H and O–H groups in total. The minimum Gasteiger partial charge on any atom is -0.497 e. The predicted octanol–water partition coefficient (Wildman–Crippen LogP) is 3.72. The molecule has 0 spiro atoms. The first-order chi connectivity index (χ1) is 19.6. The van der Waals surface area contributed by atoms with Crippen LogP contribution >= 0.6 is 0 Å². The van der Waals surface area contributed by atoms with Crippen molar-refractivity contribution in [1.29, 1.82) is 0 Å². The highest BCUT2D eigenvalue weighted by atomic mass is 16.5. The predicted molar refractivity (Wildman–Crippen MR) is 153 cm³/mol. The number of hydrogen-bond donors (Lipinski definition) is 1. The molecular weight excluding hydrogens is 508 g/mol. The summed E-state index contributed by atoms with van der Waals surface area (Å²) >= 11 is 0. The van der Waals surface area contributed by atoms with Gasteiger partial charge < -0.3 is 24.6 Å². The molecule has 0 aliphatic carbocycles. The van der Waals surface area contributed by atoms with Gasteiger partial charge in [0.25, 0.3) is 0 Å². The molecule has 2 amide bonds. The molecule has 1 atom stereocenters. The van der Waals surface area contributed by atoms with Crippen LogP contribution in [-0.2, 0) is 27.4 Å². The molecule has 0 saturated carbocycles. The van der Waals surface area contributed by atoms with Gasteiger partial charge in [0.2, 0.25) is 11.8 Å².